The molecule has 6 nitrogen and oxygen atoms in total. The smallest absolute Gasteiger partial charge is 0.252 e. The molecule has 0 heterocycles. The zero-order valence-corrected chi connectivity index (χ0v) is 17.4. The largest absolute Gasteiger partial charge is 0.380 e. The molecule has 2 amide bonds. The second-order valence-electron chi connectivity index (χ2n) is 8.63. The van der Waals surface area contributed by atoms with E-state index in [1.165, 1.54) is 0 Å². The van der Waals surface area contributed by atoms with Crippen molar-refractivity contribution < 1.29 is 14.7 Å². The first-order valence-electron chi connectivity index (χ1n) is 10.3. The summed E-state index contributed by atoms with van der Waals surface area (Å²) in [5.74, 6) is -0.196. The second kappa shape index (κ2) is 9.52. The number of aliphatic hydroxyl groups is 1. The molecule has 5 N–H and O–H groups in total. The zero-order valence-electron chi connectivity index (χ0n) is 17.4. The molecule has 1 saturated carbocycles. The number of nitrogens with two attached hydrogens (primary N) is 1. The van der Waals surface area contributed by atoms with Gasteiger partial charge in [-0.1, -0.05) is 57.5 Å². The van der Waals surface area contributed by atoms with Gasteiger partial charge in [0.15, 0.2) is 0 Å². The van der Waals surface area contributed by atoms with E-state index < -0.39 is 17.7 Å². The lowest BCUT2D eigenvalue weighted by Gasteiger charge is -2.43. The third-order valence-corrected chi connectivity index (χ3v) is 5.84. The van der Waals surface area contributed by atoms with E-state index in [0.29, 0.717) is 12.3 Å². The molecule has 1 aromatic carbocycles. The topological polar surface area (TPSA) is 104 Å². The lowest BCUT2D eigenvalue weighted by atomic mass is 9.66. The van der Waals surface area contributed by atoms with Crippen molar-refractivity contribution in [2.75, 3.05) is 6.54 Å². The van der Waals surface area contributed by atoms with Crippen LogP contribution in [0.5, 0.6) is 0 Å². The molecule has 0 spiro atoms. The summed E-state index contributed by atoms with van der Waals surface area (Å²) in [5, 5.41) is 17.1. The SMILES string of the molecule is CC1CCC(C(C)C)C(O)(C(=O)NCC(NC(=O)[C@H](C)N)c2ccccc2)C1. The highest BCUT2D eigenvalue weighted by molar-refractivity contribution is 5.86. The fraction of sp³-hybridized carbons (Fsp3) is 0.636. The summed E-state index contributed by atoms with van der Waals surface area (Å²) in [6.45, 7) is 7.99. The summed E-state index contributed by atoms with van der Waals surface area (Å²) in [7, 11) is 0. The van der Waals surface area contributed by atoms with Crippen molar-refractivity contribution in [1.29, 1.82) is 0 Å². The molecule has 0 saturated heterocycles. The molecule has 2 rings (SSSR count). The minimum absolute atomic E-state index is 0.0717. The maximum atomic E-state index is 13.0. The van der Waals surface area contributed by atoms with Crippen LogP contribution in [0.4, 0.5) is 0 Å². The third kappa shape index (κ3) is 5.32. The summed E-state index contributed by atoms with van der Waals surface area (Å²) in [5.41, 5.74) is 5.18. The first-order valence-corrected chi connectivity index (χ1v) is 10.3. The third-order valence-electron chi connectivity index (χ3n) is 5.84. The Bertz CT molecular complexity index is 662. The summed E-state index contributed by atoms with van der Waals surface area (Å²) in [6.07, 6.45) is 2.33. The Morgan fingerprint density at radius 3 is 2.43 bits per heavy atom. The molecule has 0 aliphatic heterocycles. The normalized spacial score (nSPS) is 27.1. The highest BCUT2D eigenvalue weighted by Gasteiger charge is 2.48. The average Bonchev–Trinajstić information content (AvgIpc) is 2.64. The van der Waals surface area contributed by atoms with Crippen molar-refractivity contribution in [1.82, 2.24) is 10.6 Å². The molecule has 0 aromatic heterocycles. The predicted molar refractivity (Wildman–Crippen MR) is 110 cm³/mol. The minimum atomic E-state index is -1.38. The van der Waals surface area contributed by atoms with Crippen LogP contribution in [0, 0.1) is 17.8 Å². The molecule has 6 heteroatoms. The Morgan fingerprint density at radius 1 is 1.21 bits per heavy atom. The Kier molecular flexibility index (Phi) is 7.61. The Hall–Kier alpha value is -1.92. The number of benzene rings is 1. The van der Waals surface area contributed by atoms with Gasteiger partial charge in [-0.05, 0) is 43.1 Å². The van der Waals surface area contributed by atoms with Gasteiger partial charge in [-0.25, -0.2) is 0 Å². The molecular formula is C22H35N3O3. The van der Waals surface area contributed by atoms with Gasteiger partial charge in [0, 0.05) is 6.54 Å². The quantitative estimate of drug-likeness (QED) is 0.573. The fourth-order valence-electron chi connectivity index (χ4n) is 4.22. The summed E-state index contributed by atoms with van der Waals surface area (Å²) < 4.78 is 0. The molecular weight excluding hydrogens is 354 g/mol. The highest BCUT2D eigenvalue weighted by atomic mass is 16.3. The highest BCUT2D eigenvalue weighted by Crippen LogP contribution is 2.41. The van der Waals surface area contributed by atoms with E-state index in [4.69, 9.17) is 5.73 Å². The number of rotatable bonds is 7. The number of carbonyl (C=O) groups is 2. The molecule has 0 radical (unpaired) electrons. The van der Waals surface area contributed by atoms with Gasteiger partial charge < -0.3 is 21.5 Å². The van der Waals surface area contributed by atoms with Crippen LogP contribution in [0.15, 0.2) is 30.3 Å². The number of hydrogen-bond donors (Lipinski definition) is 4. The van der Waals surface area contributed by atoms with Crippen molar-refractivity contribution in [3.63, 3.8) is 0 Å². The number of nitrogens with one attached hydrogen (secondary N) is 2. The van der Waals surface area contributed by atoms with Crippen molar-refractivity contribution in [2.45, 2.75) is 64.6 Å². The van der Waals surface area contributed by atoms with Crippen molar-refractivity contribution in [3.05, 3.63) is 35.9 Å². The van der Waals surface area contributed by atoms with Crippen LogP contribution in [0.1, 0.15) is 58.6 Å². The predicted octanol–water partition coefficient (Wildman–Crippen LogP) is 2.13. The van der Waals surface area contributed by atoms with Crippen molar-refractivity contribution in [3.8, 4) is 0 Å². The van der Waals surface area contributed by atoms with Crippen molar-refractivity contribution in [2.24, 2.45) is 23.5 Å². The lowest BCUT2D eigenvalue weighted by molar-refractivity contribution is -0.156. The first-order chi connectivity index (χ1) is 13.1. The molecule has 1 aliphatic carbocycles. The molecule has 4 unspecified atom stereocenters. The van der Waals surface area contributed by atoms with Gasteiger partial charge in [-0.15, -0.1) is 0 Å². The molecule has 1 fully saturated rings. The van der Waals surface area contributed by atoms with Crippen LogP contribution in [0.25, 0.3) is 0 Å². The van der Waals surface area contributed by atoms with Crippen LogP contribution in [0.3, 0.4) is 0 Å². The standard InChI is InChI=1S/C22H35N3O3/c1-14(2)18-11-10-15(3)12-22(18,28)21(27)24-13-19(25-20(26)16(4)23)17-8-6-5-7-9-17/h5-9,14-16,18-19,28H,10-13,23H2,1-4H3,(H,24,27)(H,25,26)/t15?,16-,18?,19?,22?/m0/s1. The summed E-state index contributed by atoms with van der Waals surface area (Å²) >= 11 is 0. The zero-order chi connectivity index (χ0) is 20.9. The van der Waals surface area contributed by atoms with E-state index in [1.807, 2.05) is 30.3 Å². The number of carbonyl (C=O) groups excluding carboxylic acids is 2. The van der Waals surface area contributed by atoms with Crippen LogP contribution >= 0.6 is 0 Å². The van der Waals surface area contributed by atoms with Gasteiger partial charge in [0.05, 0.1) is 12.1 Å². The molecule has 5 atom stereocenters. The average molecular weight is 390 g/mol. The molecule has 156 valence electrons. The summed E-state index contributed by atoms with van der Waals surface area (Å²) in [6, 6.07) is 8.40. The van der Waals surface area contributed by atoms with E-state index in [9.17, 15) is 14.7 Å². The maximum Gasteiger partial charge on any atom is 0.252 e. The van der Waals surface area contributed by atoms with Gasteiger partial charge in [-0.2, -0.15) is 0 Å². The first kappa shape index (κ1) is 22.4. The van der Waals surface area contributed by atoms with E-state index in [0.717, 1.165) is 18.4 Å². The Balaban J connectivity index is 2.14. The molecule has 1 aliphatic rings. The van der Waals surface area contributed by atoms with E-state index in [1.54, 1.807) is 6.92 Å². The van der Waals surface area contributed by atoms with E-state index >= 15 is 0 Å². The molecule has 0 bridgehead atoms. The van der Waals surface area contributed by atoms with Gasteiger partial charge in [0.2, 0.25) is 5.91 Å². The lowest BCUT2D eigenvalue weighted by Crippen LogP contribution is -2.57. The fourth-order valence-corrected chi connectivity index (χ4v) is 4.22. The van der Waals surface area contributed by atoms with Crippen LogP contribution in [0.2, 0.25) is 0 Å². The molecule has 1 aromatic rings. The van der Waals surface area contributed by atoms with Crippen LogP contribution < -0.4 is 16.4 Å². The van der Waals surface area contributed by atoms with Crippen LogP contribution in [-0.2, 0) is 9.59 Å². The maximum absolute atomic E-state index is 13.0. The minimum Gasteiger partial charge on any atom is -0.380 e. The van der Waals surface area contributed by atoms with E-state index in [2.05, 4.69) is 31.4 Å². The Labute approximate surface area is 168 Å². The monoisotopic (exact) mass is 389 g/mol. The number of amides is 2. The number of hydrogen-bond acceptors (Lipinski definition) is 4. The van der Waals surface area contributed by atoms with Gasteiger partial charge in [-0.3, -0.25) is 9.59 Å². The summed E-state index contributed by atoms with van der Waals surface area (Å²) in [4.78, 5) is 25.2. The van der Waals surface area contributed by atoms with Crippen molar-refractivity contribution >= 4 is 11.8 Å². The van der Waals surface area contributed by atoms with Crippen LogP contribution in [-0.4, -0.2) is 35.1 Å². The van der Waals surface area contributed by atoms with E-state index in [-0.39, 0.29) is 30.2 Å². The van der Waals surface area contributed by atoms with Gasteiger partial charge >= 0.3 is 0 Å². The van der Waals surface area contributed by atoms with Gasteiger partial charge in [0.25, 0.3) is 5.91 Å². The van der Waals surface area contributed by atoms with Gasteiger partial charge in [0.1, 0.15) is 5.60 Å². The second-order valence-corrected chi connectivity index (χ2v) is 8.63. The molecule has 28 heavy (non-hydrogen) atoms. The Morgan fingerprint density at radius 2 is 1.86 bits per heavy atom.